The van der Waals surface area contributed by atoms with Crippen LogP contribution in [0.4, 0.5) is 0 Å². The number of aliphatic hydroxyl groups excluding tert-OH is 1. The number of amides is 1. The first-order valence-electron chi connectivity index (χ1n) is 9.85. The number of aromatic nitrogens is 3. The monoisotopic (exact) mass is 383 g/mol. The Morgan fingerprint density at radius 3 is 2.89 bits per heavy atom. The second-order valence-corrected chi connectivity index (χ2v) is 7.92. The van der Waals surface area contributed by atoms with Crippen LogP contribution in [0.5, 0.6) is 0 Å². The minimum atomic E-state index is -0.618. The van der Waals surface area contributed by atoms with Gasteiger partial charge in [-0.25, -0.2) is 9.97 Å². The molecule has 2 aromatic heterocycles. The highest BCUT2D eigenvalue weighted by atomic mass is 16.3. The van der Waals surface area contributed by atoms with Crippen LogP contribution in [-0.2, 0) is 13.0 Å². The van der Waals surface area contributed by atoms with Crippen molar-refractivity contribution in [3.05, 3.63) is 53.4 Å². The maximum absolute atomic E-state index is 12.7. The number of aliphatic hydroxyl groups is 1. The van der Waals surface area contributed by atoms with E-state index in [4.69, 9.17) is 0 Å². The fourth-order valence-corrected chi connectivity index (χ4v) is 3.57. The maximum atomic E-state index is 12.7. The lowest BCUT2D eigenvalue weighted by Gasteiger charge is -2.36. The highest BCUT2D eigenvalue weighted by molar-refractivity contribution is 5.92. The zero-order valence-electron chi connectivity index (χ0n) is 16.8. The van der Waals surface area contributed by atoms with Gasteiger partial charge in [0.15, 0.2) is 0 Å². The van der Waals surface area contributed by atoms with Gasteiger partial charge in [0, 0.05) is 37.7 Å². The Balaban J connectivity index is 1.58. The van der Waals surface area contributed by atoms with Crippen molar-refractivity contribution in [1.29, 1.82) is 0 Å². The third kappa shape index (κ3) is 5.56. The van der Waals surface area contributed by atoms with Gasteiger partial charge >= 0.3 is 0 Å². The molecule has 150 valence electrons. The van der Waals surface area contributed by atoms with E-state index in [-0.39, 0.29) is 11.9 Å². The lowest BCUT2D eigenvalue weighted by molar-refractivity contribution is 0.0348. The number of piperidine rings is 1. The minimum Gasteiger partial charge on any atom is -0.390 e. The molecule has 2 aromatic rings. The smallest absolute Gasteiger partial charge is 0.270 e. The Morgan fingerprint density at radius 1 is 1.39 bits per heavy atom. The summed E-state index contributed by atoms with van der Waals surface area (Å²) >= 11 is 0. The molecular weight excluding hydrogens is 354 g/mol. The van der Waals surface area contributed by atoms with Gasteiger partial charge in [-0.3, -0.25) is 14.7 Å². The van der Waals surface area contributed by atoms with Crippen LogP contribution in [0.2, 0.25) is 0 Å². The van der Waals surface area contributed by atoms with Crippen molar-refractivity contribution in [2.45, 2.75) is 52.3 Å². The zero-order chi connectivity index (χ0) is 20.1. The van der Waals surface area contributed by atoms with Crippen LogP contribution >= 0.6 is 0 Å². The molecule has 0 radical (unpaired) electrons. The molecule has 7 heteroatoms. The normalized spacial score (nSPS) is 20.3. The minimum absolute atomic E-state index is 0.250. The van der Waals surface area contributed by atoms with Gasteiger partial charge in [0.25, 0.3) is 5.91 Å². The van der Waals surface area contributed by atoms with Gasteiger partial charge in [0.05, 0.1) is 12.1 Å². The van der Waals surface area contributed by atoms with Gasteiger partial charge in [-0.05, 0) is 43.4 Å². The van der Waals surface area contributed by atoms with Crippen molar-refractivity contribution in [3.8, 4) is 0 Å². The first-order valence-corrected chi connectivity index (χ1v) is 9.85. The number of pyridine rings is 1. The summed E-state index contributed by atoms with van der Waals surface area (Å²) in [6, 6.07) is 5.42. The van der Waals surface area contributed by atoms with E-state index in [1.54, 1.807) is 19.2 Å². The molecule has 0 spiro atoms. The van der Waals surface area contributed by atoms with E-state index in [1.165, 1.54) is 0 Å². The highest BCUT2D eigenvalue weighted by Gasteiger charge is 2.29. The fraction of sp³-hybridized carbons (Fsp3) is 0.524. The van der Waals surface area contributed by atoms with Crippen LogP contribution in [-0.4, -0.2) is 56.1 Å². The summed E-state index contributed by atoms with van der Waals surface area (Å²) in [6.07, 6.45) is 4.47. The Hall–Kier alpha value is -2.38. The van der Waals surface area contributed by atoms with Crippen LogP contribution in [0.25, 0.3) is 0 Å². The number of aryl methyl sites for hydroxylation is 1. The quantitative estimate of drug-likeness (QED) is 0.790. The SMILES string of the molecule is Cc1nc(CC(C)C)cc(C(=O)N[C@@H]2CCN(Cc3cccnc3)C[C@H]2O)n1. The molecule has 1 amide bonds. The van der Waals surface area contributed by atoms with E-state index >= 15 is 0 Å². The Bertz CT molecular complexity index is 797. The number of nitrogens with zero attached hydrogens (tertiary/aromatic N) is 4. The van der Waals surface area contributed by atoms with Crippen LogP contribution in [0.1, 0.15) is 47.8 Å². The third-order valence-electron chi connectivity index (χ3n) is 4.85. The molecule has 0 aliphatic carbocycles. The molecule has 3 heterocycles. The summed E-state index contributed by atoms with van der Waals surface area (Å²) in [7, 11) is 0. The first kappa shape index (κ1) is 20.4. The lowest BCUT2D eigenvalue weighted by Crippen LogP contribution is -2.53. The van der Waals surface area contributed by atoms with Crippen molar-refractivity contribution >= 4 is 5.91 Å². The summed E-state index contributed by atoms with van der Waals surface area (Å²) in [4.78, 5) is 27.7. The van der Waals surface area contributed by atoms with Crippen molar-refractivity contribution in [2.75, 3.05) is 13.1 Å². The van der Waals surface area contributed by atoms with Crippen LogP contribution in [0.3, 0.4) is 0 Å². The molecule has 1 saturated heterocycles. The summed E-state index contributed by atoms with van der Waals surface area (Å²) in [5.74, 6) is 0.798. The van der Waals surface area contributed by atoms with Crippen molar-refractivity contribution < 1.29 is 9.90 Å². The van der Waals surface area contributed by atoms with E-state index in [1.807, 2.05) is 18.3 Å². The van der Waals surface area contributed by atoms with Crippen LogP contribution in [0, 0.1) is 12.8 Å². The van der Waals surface area contributed by atoms with Crippen molar-refractivity contribution in [3.63, 3.8) is 0 Å². The van der Waals surface area contributed by atoms with E-state index in [9.17, 15) is 9.90 Å². The molecule has 7 nitrogen and oxygen atoms in total. The van der Waals surface area contributed by atoms with E-state index < -0.39 is 6.10 Å². The van der Waals surface area contributed by atoms with Crippen LogP contribution in [0.15, 0.2) is 30.6 Å². The molecule has 1 aliphatic rings. The van der Waals surface area contributed by atoms with Gasteiger partial charge in [-0.15, -0.1) is 0 Å². The molecule has 2 N–H and O–H groups in total. The van der Waals surface area contributed by atoms with Gasteiger partial charge in [-0.2, -0.15) is 0 Å². The third-order valence-corrected chi connectivity index (χ3v) is 4.85. The van der Waals surface area contributed by atoms with Crippen molar-refractivity contribution in [2.24, 2.45) is 5.92 Å². The van der Waals surface area contributed by atoms with Crippen molar-refractivity contribution in [1.82, 2.24) is 25.2 Å². The van der Waals surface area contributed by atoms with E-state index in [0.717, 1.165) is 30.8 Å². The molecule has 28 heavy (non-hydrogen) atoms. The van der Waals surface area contributed by atoms with Crippen LogP contribution < -0.4 is 5.32 Å². The molecular formula is C21H29N5O2. The predicted molar refractivity (Wildman–Crippen MR) is 107 cm³/mol. The van der Waals surface area contributed by atoms with E-state index in [2.05, 4.69) is 39.0 Å². The number of likely N-dealkylation sites (tertiary alicyclic amines) is 1. The number of β-amino-alcohol motifs (C(OH)–C–C–N with tert-alkyl or cyclic N) is 1. The largest absolute Gasteiger partial charge is 0.390 e. The fourth-order valence-electron chi connectivity index (χ4n) is 3.57. The summed E-state index contributed by atoms with van der Waals surface area (Å²) in [6.45, 7) is 8.10. The van der Waals surface area contributed by atoms with Gasteiger partial charge in [0.1, 0.15) is 11.5 Å². The molecule has 0 aromatic carbocycles. The molecule has 2 atom stereocenters. The summed E-state index contributed by atoms with van der Waals surface area (Å²) in [5.41, 5.74) is 2.36. The number of carbonyl (C=O) groups is 1. The van der Waals surface area contributed by atoms with E-state index in [0.29, 0.717) is 30.4 Å². The number of hydrogen-bond donors (Lipinski definition) is 2. The second kappa shape index (κ2) is 9.21. The van der Waals surface area contributed by atoms with Gasteiger partial charge in [-0.1, -0.05) is 19.9 Å². The number of hydrogen-bond acceptors (Lipinski definition) is 6. The lowest BCUT2D eigenvalue weighted by atomic mass is 10.0. The Morgan fingerprint density at radius 2 is 2.21 bits per heavy atom. The molecule has 3 rings (SSSR count). The average Bonchev–Trinajstić information content (AvgIpc) is 2.63. The predicted octanol–water partition coefficient (Wildman–Crippen LogP) is 1.74. The number of carbonyl (C=O) groups excluding carboxylic acids is 1. The molecule has 1 aliphatic heterocycles. The van der Waals surface area contributed by atoms with Gasteiger partial charge < -0.3 is 10.4 Å². The number of rotatable bonds is 6. The summed E-state index contributed by atoms with van der Waals surface area (Å²) in [5, 5.41) is 13.5. The first-order chi connectivity index (χ1) is 13.4. The molecule has 0 saturated carbocycles. The molecule has 0 bridgehead atoms. The molecule has 1 fully saturated rings. The second-order valence-electron chi connectivity index (χ2n) is 7.92. The Kier molecular flexibility index (Phi) is 6.70. The standard InChI is InChI=1S/C21H29N5O2/c1-14(2)9-17-10-19(24-15(3)23-17)21(28)25-18-6-8-26(13-20(18)27)12-16-5-4-7-22-11-16/h4-5,7,10-11,14,18,20,27H,6,8-9,12-13H2,1-3H3,(H,25,28)/t18-,20-/m1/s1. The average molecular weight is 383 g/mol. The van der Waals surface area contributed by atoms with Gasteiger partial charge in [0.2, 0.25) is 0 Å². The highest BCUT2D eigenvalue weighted by Crippen LogP contribution is 2.15. The molecule has 0 unspecified atom stereocenters. The zero-order valence-corrected chi connectivity index (χ0v) is 16.8. The topological polar surface area (TPSA) is 91.2 Å². The maximum Gasteiger partial charge on any atom is 0.270 e. The summed E-state index contributed by atoms with van der Waals surface area (Å²) < 4.78 is 0. The Labute approximate surface area is 166 Å². The number of nitrogens with one attached hydrogen (secondary N) is 1.